The van der Waals surface area contributed by atoms with Crippen molar-refractivity contribution in [3.63, 3.8) is 0 Å². The molecule has 0 bridgehead atoms. The Morgan fingerprint density at radius 2 is 1.86 bits per heavy atom. The third kappa shape index (κ3) is 4.07. The van der Waals surface area contributed by atoms with Crippen LogP contribution in [0, 0.1) is 11.2 Å². The lowest BCUT2D eigenvalue weighted by atomic mass is 9.81. The number of esters is 1. The third-order valence-electron chi connectivity index (χ3n) is 3.03. The summed E-state index contributed by atoms with van der Waals surface area (Å²) in [6.45, 7) is 2.81. The van der Waals surface area contributed by atoms with E-state index in [0.29, 0.717) is 0 Å². The quantitative estimate of drug-likeness (QED) is 0.686. The Hall–Kier alpha value is -1.83. The van der Waals surface area contributed by atoms with Gasteiger partial charge in [0.15, 0.2) is 0 Å². The molecule has 0 saturated carbocycles. The smallest absolute Gasteiger partial charge is 0.469 e. The van der Waals surface area contributed by atoms with E-state index in [1.54, 1.807) is 0 Å². The van der Waals surface area contributed by atoms with Crippen molar-refractivity contribution in [2.45, 2.75) is 26.3 Å². The van der Waals surface area contributed by atoms with Gasteiger partial charge >= 0.3 is 12.3 Å². The highest BCUT2D eigenvalue weighted by Crippen LogP contribution is 2.36. The SMILES string of the molecule is COC(=O)C(C)(C)[C@H](N)c1cc(OC(F)(F)F)ccc1F. The number of carbonyl (C=O) groups excluding carboxylic acids is 1. The fourth-order valence-electron chi connectivity index (χ4n) is 1.74. The average molecular weight is 309 g/mol. The van der Waals surface area contributed by atoms with Gasteiger partial charge in [-0.1, -0.05) is 0 Å². The van der Waals surface area contributed by atoms with Crippen molar-refractivity contribution >= 4 is 5.97 Å². The van der Waals surface area contributed by atoms with E-state index >= 15 is 0 Å². The van der Waals surface area contributed by atoms with Crippen LogP contribution in [0.4, 0.5) is 17.6 Å². The predicted molar refractivity (Wildman–Crippen MR) is 65.8 cm³/mol. The van der Waals surface area contributed by atoms with Crippen molar-refractivity contribution in [1.82, 2.24) is 0 Å². The van der Waals surface area contributed by atoms with Crippen molar-refractivity contribution in [1.29, 1.82) is 0 Å². The molecule has 0 aliphatic rings. The van der Waals surface area contributed by atoms with E-state index < -0.39 is 35.4 Å². The minimum absolute atomic E-state index is 0.271. The van der Waals surface area contributed by atoms with Crippen LogP contribution < -0.4 is 10.5 Å². The maximum atomic E-state index is 13.8. The predicted octanol–water partition coefficient (Wildman–Crippen LogP) is 2.92. The molecule has 0 aliphatic heterocycles. The summed E-state index contributed by atoms with van der Waals surface area (Å²) in [6.07, 6.45) is -4.91. The van der Waals surface area contributed by atoms with Gasteiger partial charge in [-0.05, 0) is 32.0 Å². The fourth-order valence-corrected chi connectivity index (χ4v) is 1.74. The molecule has 1 aromatic carbocycles. The van der Waals surface area contributed by atoms with Crippen LogP contribution in [0.15, 0.2) is 18.2 Å². The molecular formula is C13H15F4NO3. The minimum Gasteiger partial charge on any atom is -0.469 e. The van der Waals surface area contributed by atoms with E-state index in [9.17, 15) is 22.4 Å². The number of hydrogen-bond donors (Lipinski definition) is 1. The van der Waals surface area contributed by atoms with Gasteiger partial charge in [-0.15, -0.1) is 13.2 Å². The Kier molecular flexibility index (Phi) is 4.83. The molecule has 8 heteroatoms. The number of hydrogen-bond acceptors (Lipinski definition) is 4. The van der Waals surface area contributed by atoms with Crippen molar-refractivity contribution in [3.05, 3.63) is 29.6 Å². The molecule has 0 aliphatic carbocycles. The van der Waals surface area contributed by atoms with E-state index in [1.165, 1.54) is 13.8 Å². The third-order valence-corrected chi connectivity index (χ3v) is 3.03. The Balaban J connectivity index is 3.17. The molecule has 0 saturated heterocycles. The molecule has 0 radical (unpaired) electrons. The van der Waals surface area contributed by atoms with E-state index in [1.807, 2.05) is 0 Å². The second-order valence-electron chi connectivity index (χ2n) is 4.92. The van der Waals surface area contributed by atoms with Crippen LogP contribution in [0.5, 0.6) is 5.75 Å². The molecule has 0 fully saturated rings. The normalized spacial score (nSPS) is 13.7. The highest BCUT2D eigenvalue weighted by Gasteiger charge is 2.38. The van der Waals surface area contributed by atoms with E-state index in [0.717, 1.165) is 25.3 Å². The van der Waals surface area contributed by atoms with Crippen LogP contribution in [-0.4, -0.2) is 19.4 Å². The first-order valence-electron chi connectivity index (χ1n) is 5.88. The van der Waals surface area contributed by atoms with Gasteiger partial charge in [0.05, 0.1) is 12.5 Å². The van der Waals surface area contributed by atoms with Crippen molar-refractivity contribution in [2.75, 3.05) is 7.11 Å². The van der Waals surface area contributed by atoms with Gasteiger partial charge in [-0.25, -0.2) is 4.39 Å². The van der Waals surface area contributed by atoms with Gasteiger partial charge in [-0.3, -0.25) is 4.79 Å². The molecule has 118 valence electrons. The van der Waals surface area contributed by atoms with Crippen LogP contribution in [0.1, 0.15) is 25.5 Å². The molecule has 0 heterocycles. The first kappa shape index (κ1) is 17.2. The largest absolute Gasteiger partial charge is 0.573 e. The summed E-state index contributed by atoms with van der Waals surface area (Å²) in [6, 6.07) is 1.23. The van der Waals surface area contributed by atoms with Crippen molar-refractivity contribution in [3.8, 4) is 5.75 Å². The van der Waals surface area contributed by atoms with Crippen molar-refractivity contribution < 1.29 is 31.8 Å². The Morgan fingerprint density at radius 3 is 2.33 bits per heavy atom. The number of benzene rings is 1. The molecule has 1 atom stereocenters. The monoisotopic (exact) mass is 309 g/mol. The summed E-state index contributed by atoms with van der Waals surface area (Å²) in [4.78, 5) is 11.6. The highest BCUT2D eigenvalue weighted by molar-refractivity contribution is 5.77. The summed E-state index contributed by atoms with van der Waals surface area (Å²) >= 11 is 0. The zero-order chi connectivity index (χ0) is 16.4. The van der Waals surface area contributed by atoms with Crippen LogP contribution in [0.3, 0.4) is 0 Å². The average Bonchev–Trinajstić information content (AvgIpc) is 2.37. The van der Waals surface area contributed by atoms with E-state index in [-0.39, 0.29) is 5.56 Å². The van der Waals surface area contributed by atoms with Crippen LogP contribution in [0.2, 0.25) is 0 Å². The number of rotatable bonds is 4. The number of carbonyl (C=O) groups is 1. The molecule has 0 unspecified atom stereocenters. The maximum Gasteiger partial charge on any atom is 0.573 e. The van der Waals surface area contributed by atoms with Crippen LogP contribution in [-0.2, 0) is 9.53 Å². The molecule has 2 N–H and O–H groups in total. The molecule has 0 aromatic heterocycles. The zero-order valence-corrected chi connectivity index (χ0v) is 11.6. The van der Waals surface area contributed by atoms with Crippen LogP contribution >= 0.6 is 0 Å². The number of alkyl halides is 3. The lowest BCUT2D eigenvalue weighted by Gasteiger charge is -2.29. The summed E-state index contributed by atoms with van der Waals surface area (Å²) in [5.74, 6) is -2.17. The summed E-state index contributed by atoms with van der Waals surface area (Å²) in [5, 5.41) is 0. The second kappa shape index (κ2) is 5.88. The summed E-state index contributed by atoms with van der Waals surface area (Å²) < 4.78 is 58.6. The van der Waals surface area contributed by atoms with Gasteiger partial charge in [-0.2, -0.15) is 0 Å². The summed E-state index contributed by atoms with van der Waals surface area (Å²) in [5.41, 5.74) is 4.21. The maximum absolute atomic E-state index is 13.8. The van der Waals surface area contributed by atoms with Gasteiger partial charge in [0.25, 0.3) is 0 Å². The first-order chi connectivity index (χ1) is 9.49. The van der Waals surface area contributed by atoms with Gasteiger partial charge < -0.3 is 15.2 Å². The standard InChI is InChI=1S/C13H15F4NO3/c1-12(2,11(19)20-3)10(18)8-6-7(4-5-9(8)14)21-13(15,16)17/h4-6,10H,18H2,1-3H3/t10-/m1/s1. The molecule has 1 aromatic rings. The molecular weight excluding hydrogens is 294 g/mol. The topological polar surface area (TPSA) is 61.5 Å². The number of halogens is 4. The summed E-state index contributed by atoms with van der Waals surface area (Å²) in [7, 11) is 1.14. The second-order valence-corrected chi connectivity index (χ2v) is 4.92. The van der Waals surface area contributed by atoms with E-state index in [2.05, 4.69) is 9.47 Å². The van der Waals surface area contributed by atoms with Gasteiger partial charge in [0, 0.05) is 11.6 Å². The van der Waals surface area contributed by atoms with Gasteiger partial charge in [0.2, 0.25) is 0 Å². The number of nitrogens with two attached hydrogens (primary N) is 1. The fraction of sp³-hybridized carbons (Fsp3) is 0.462. The lowest BCUT2D eigenvalue weighted by molar-refractivity contribution is -0.274. The molecule has 1 rings (SSSR count). The first-order valence-corrected chi connectivity index (χ1v) is 5.88. The highest BCUT2D eigenvalue weighted by atomic mass is 19.4. The number of ether oxygens (including phenoxy) is 2. The molecule has 0 amide bonds. The molecule has 4 nitrogen and oxygen atoms in total. The Morgan fingerprint density at radius 1 is 1.29 bits per heavy atom. The lowest BCUT2D eigenvalue weighted by Crippen LogP contribution is -2.37. The molecule has 0 spiro atoms. The minimum atomic E-state index is -4.91. The Bertz CT molecular complexity index is 529. The van der Waals surface area contributed by atoms with E-state index in [4.69, 9.17) is 5.73 Å². The van der Waals surface area contributed by atoms with Crippen molar-refractivity contribution in [2.24, 2.45) is 11.1 Å². The van der Waals surface area contributed by atoms with Crippen LogP contribution in [0.25, 0.3) is 0 Å². The number of methoxy groups -OCH3 is 1. The zero-order valence-electron chi connectivity index (χ0n) is 11.6. The molecule has 21 heavy (non-hydrogen) atoms. The van der Waals surface area contributed by atoms with Gasteiger partial charge in [0.1, 0.15) is 11.6 Å². The Labute approximate surface area is 118 Å².